The molecule has 3 aromatic carbocycles. The fourth-order valence-corrected chi connectivity index (χ4v) is 5.65. The van der Waals surface area contributed by atoms with Gasteiger partial charge in [-0.3, -0.25) is 24.5 Å². The van der Waals surface area contributed by atoms with E-state index < -0.39 is 52.3 Å². The molecule has 3 aromatic rings. The number of nitro groups is 1. The quantitative estimate of drug-likeness (QED) is 0.239. The molecular formula is C27H18FN3O5. The maximum atomic E-state index is 13.8. The average Bonchev–Trinajstić information content (AvgIpc) is 3.37. The molecular weight excluding hydrogens is 465 g/mol. The molecule has 0 spiro atoms. The molecule has 3 aliphatic rings. The van der Waals surface area contributed by atoms with Crippen molar-refractivity contribution in [3.05, 3.63) is 112 Å². The van der Waals surface area contributed by atoms with Gasteiger partial charge < -0.3 is 4.90 Å². The number of rotatable bonds is 4. The molecule has 0 unspecified atom stereocenters. The lowest BCUT2D eigenvalue weighted by Crippen LogP contribution is -2.44. The van der Waals surface area contributed by atoms with E-state index in [4.69, 9.17) is 0 Å². The van der Waals surface area contributed by atoms with Crippen LogP contribution in [-0.2, 0) is 9.59 Å². The molecule has 2 amide bonds. The zero-order valence-electron chi connectivity index (χ0n) is 18.7. The Bertz CT molecular complexity index is 1480. The van der Waals surface area contributed by atoms with Gasteiger partial charge in [-0.15, -0.1) is 0 Å². The number of nitrogens with zero attached hydrogens (tertiary/aromatic N) is 3. The van der Waals surface area contributed by atoms with E-state index >= 15 is 0 Å². The molecule has 0 aromatic heterocycles. The van der Waals surface area contributed by atoms with E-state index in [2.05, 4.69) is 0 Å². The normalized spacial score (nSPS) is 23.9. The van der Waals surface area contributed by atoms with Crippen LogP contribution in [-0.4, -0.2) is 33.5 Å². The summed E-state index contributed by atoms with van der Waals surface area (Å²) in [7, 11) is 0. The van der Waals surface area contributed by atoms with E-state index in [0.717, 1.165) is 16.0 Å². The molecule has 3 heterocycles. The number of carbonyl (C=O) groups excluding carboxylic acids is 3. The first-order valence-corrected chi connectivity index (χ1v) is 11.3. The first kappa shape index (κ1) is 21.8. The summed E-state index contributed by atoms with van der Waals surface area (Å²) in [6.45, 7) is 0. The van der Waals surface area contributed by atoms with E-state index in [1.165, 1.54) is 48.5 Å². The lowest BCUT2D eigenvalue weighted by Gasteiger charge is -2.35. The lowest BCUT2D eigenvalue weighted by atomic mass is 9.83. The van der Waals surface area contributed by atoms with Gasteiger partial charge in [-0.1, -0.05) is 36.4 Å². The van der Waals surface area contributed by atoms with Crippen LogP contribution in [0.15, 0.2) is 79.0 Å². The summed E-state index contributed by atoms with van der Waals surface area (Å²) in [5.74, 6) is -3.89. The van der Waals surface area contributed by atoms with E-state index in [-0.39, 0.29) is 16.9 Å². The van der Waals surface area contributed by atoms with Crippen molar-refractivity contribution in [2.24, 2.45) is 11.8 Å². The third kappa shape index (κ3) is 3.09. The molecule has 36 heavy (non-hydrogen) atoms. The van der Waals surface area contributed by atoms with Crippen LogP contribution in [0.1, 0.15) is 27.5 Å². The predicted octanol–water partition coefficient (Wildman–Crippen LogP) is 4.13. The molecule has 4 atom stereocenters. The van der Waals surface area contributed by atoms with Crippen molar-refractivity contribution >= 4 is 35.0 Å². The van der Waals surface area contributed by atoms with Gasteiger partial charge in [0, 0.05) is 23.9 Å². The second kappa shape index (κ2) is 7.94. The highest BCUT2D eigenvalue weighted by molar-refractivity contribution is 6.24. The Morgan fingerprint density at radius 1 is 0.917 bits per heavy atom. The van der Waals surface area contributed by atoms with Gasteiger partial charge in [-0.05, 0) is 41.5 Å². The zero-order chi connectivity index (χ0) is 25.1. The Labute approximate surface area is 204 Å². The number of carbonyl (C=O) groups is 3. The number of anilines is 1. The maximum absolute atomic E-state index is 13.8. The third-order valence-corrected chi connectivity index (χ3v) is 7.16. The minimum Gasteiger partial charge on any atom is -0.358 e. The molecule has 0 N–H and O–H groups in total. The molecule has 0 aliphatic carbocycles. The molecule has 2 fully saturated rings. The SMILES string of the molecule is O=C(c1cccc([N+](=O)[O-])c1)[C@H]1[C@H]2C(=O)N(c3ccc(F)cc3)C(=O)[C@@H]2[C@H]2c3ccccc3C=CN21. The van der Waals surface area contributed by atoms with Crippen molar-refractivity contribution in [1.82, 2.24) is 4.90 Å². The van der Waals surface area contributed by atoms with Crippen LogP contribution in [0.25, 0.3) is 6.08 Å². The number of fused-ring (bicyclic) bond motifs is 5. The van der Waals surface area contributed by atoms with Crippen molar-refractivity contribution in [2.45, 2.75) is 12.1 Å². The van der Waals surface area contributed by atoms with Crippen LogP contribution in [0.2, 0.25) is 0 Å². The molecule has 0 saturated carbocycles. The Balaban J connectivity index is 1.49. The van der Waals surface area contributed by atoms with Gasteiger partial charge in [0.1, 0.15) is 11.9 Å². The van der Waals surface area contributed by atoms with E-state index in [9.17, 15) is 28.9 Å². The minimum atomic E-state index is -1.05. The van der Waals surface area contributed by atoms with Crippen molar-refractivity contribution < 1.29 is 23.7 Å². The van der Waals surface area contributed by atoms with Gasteiger partial charge in [-0.2, -0.15) is 0 Å². The number of non-ortho nitro benzene ring substituents is 1. The minimum absolute atomic E-state index is 0.0846. The lowest BCUT2D eigenvalue weighted by molar-refractivity contribution is -0.384. The summed E-state index contributed by atoms with van der Waals surface area (Å²) >= 11 is 0. The third-order valence-electron chi connectivity index (χ3n) is 7.16. The highest BCUT2D eigenvalue weighted by Crippen LogP contribution is 2.53. The number of benzene rings is 3. The molecule has 9 heteroatoms. The number of amides is 2. The van der Waals surface area contributed by atoms with Gasteiger partial charge in [-0.25, -0.2) is 9.29 Å². The van der Waals surface area contributed by atoms with Crippen molar-refractivity contribution in [1.29, 1.82) is 0 Å². The molecule has 3 aliphatic heterocycles. The van der Waals surface area contributed by atoms with Crippen LogP contribution in [0.3, 0.4) is 0 Å². The maximum Gasteiger partial charge on any atom is 0.270 e. The molecule has 0 bridgehead atoms. The highest BCUT2D eigenvalue weighted by Gasteiger charge is 2.64. The number of Topliss-reactive ketones (excluding diaryl/α,β-unsaturated/α-hetero) is 1. The monoisotopic (exact) mass is 483 g/mol. The van der Waals surface area contributed by atoms with E-state index in [1.807, 2.05) is 30.3 Å². The Morgan fingerprint density at radius 2 is 1.64 bits per heavy atom. The van der Waals surface area contributed by atoms with E-state index in [1.54, 1.807) is 11.1 Å². The number of hydrogen-bond donors (Lipinski definition) is 0. The molecule has 0 radical (unpaired) electrons. The molecule has 6 rings (SSSR count). The zero-order valence-corrected chi connectivity index (χ0v) is 18.7. The summed E-state index contributed by atoms with van der Waals surface area (Å²) in [6.07, 6.45) is 3.54. The fraction of sp³-hybridized carbons (Fsp3) is 0.148. The Morgan fingerprint density at radius 3 is 2.39 bits per heavy atom. The Hall–Kier alpha value is -4.66. The fourth-order valence-electron chi connectivity index (χ4n) is 5.65. The van der Waals surface area contributed by atoms with E-state index in [0.29, 0.717) is 0 Å². The Kier molecular flexibility index (Phi) is 4.82. The van der Waals surface area contributed by atoms with Gasteiger partial charge >= 0.3 is 0 Å². The van der Waals surface area contributed by atoms with Crippen LogP contribution < -0.4 is 4.90 Å². The summed E-state index contributed by atoms with van der Waals surface area (Å²) in [5, 5.41) is 11.3. The first-order valence-electron chi connectivity index (χ1n) is 11.3. The molecule has 2 saturated heterocycles. The molecule has 178 valence electrons. The van der Waals surface area contributed by atoms with Crippen LogP contribution in [0.5, 0.6) is 0 Å². The average molecular weight is 483 g/mol. The van der Waals surface area contributed by atoms with Gasteiger partial charge in [0.15, 0.2) is 5.78 Å². The summed E-state index contributed by atoms with van der Waals surface area (Å²) in [4.78, 5) is 54.8. The van der Waals surface area contributed by atoms with Crippen LogP contribution in [0.4, 0.5) is 15.8 Å². The number of hydrogen-bond acceptors (Lipinski definition) is 6. The summed E-state index contributed by atoms with van der Waals surface area (Å²) in [6, 6.07) is 16.2. The predicted molar refractivity (Wildman–Crippen MR) is 127 cm³/mol. The number of halogens is 1. The number of ketones is 1. The van der Waals surface area contributed by atoms with Gasteiger partial charge in [0.2, 0.25) is 11.8 Å². The topological polar surface area (TPSA) is 101 Å². The largest absolute Gasteiger partial charge is 0.358 e. The second-order valence-electron chi connectivity index (χ2n) is 8.99. The van der Waals surface area contributed by atoms with Crippen molar-refractivity contribution in [2.75, 3.05) is 4.90 Å². The van der Waals surface area contributed by atoms with Crippen molar-refractivity contribution in [3.8, 4) is 0 Å². The number of imide groups is 1. The van der Waals surface area contributed by atoms with Crippen molar-refractivity contribution in [3.63, 3.8) is 0 Å². The summed E-state index contributed by atoms with van der Waals surface area (Å²) in [5.41, 5.74) is 1.76. The first-order chi connectivity index (χ1) is 17.4. The smallest absolute Gasteiger partial charge is 0.270 e. The highest BCUT2D eigenvalue weighted by atomic mass is 19.1. The second-order valence-corrected chi connectivity index (χ2v) is 8.99. The standard InChI is InChI=1S/C27H18FN3O5/c28-17-8-10-18(11-9-17)30-26(33)21-22(27(30)34)24(25(32)16-5-3-6-19(14-16)31(35)36)29-13-12-15-4-1-2-7-20(15)23(21)29/h1-14,21-24H/t21-,22-,23+,24+/m0/s1. The van der Waals surface area contributed by atoms with Crippen LogP contribution >= 0.6 is 0 Å². The van der Waals surface area contributed by atoms with Crippen LogP contribution in [0, 0.1) is 27.8 Å². The number of nitro benzene ring substituents is 1. The van der Waals surface area contributed by atoms with Gasteiger partial charge in [0.25, 0.3) is 5.69 Å². The van der Waals surface area contributed by atoms with Gasteiger partial charge in [0.05, 0.1) is 28.5 Å². The summed E-state index contributed by atoms with van der Waals surface area (Å²) < 4.78 is 13.5. The molecule has 8 nitrogen and oxygen atoms in total.